The Kier molecular flexibility index (Phi) is 2.22. The molecule has 0 aromatic carbocycles. The van der Waals surface area contributed by atoms with Crippen molar-refractivity contribution in [3.05, 3.63) is 12.3 Å². The third-order valence-electron chi connectivity index (χ3n) is 2.41. The van der Waals surface area contributed by atoms with Gasteiger partial charge in [-0.2, -0.15) is 0 Å². The summed E-state index contributed by atoms with van der Waals surface area (Å²) in [5.41, 5.74) is 0. The highest BCUT2D eigenvalue weighted by molar-refractivity contribution is 5.96. The molecule has 1 unspecified atom stereocenters. The fourth-order valence-electron chi connectivity index (χ4n) is 1.75. The molecule has 0 spiro atoms. The zero-order valence-corrected chi connectivity index (χ0v) is 7.82. The first-order valence-electron chi connectivity index (χ1n) is 4.46. The van der Waals surface area contributed by atoms with Gasteiger partial charge in [0.25, 0.3) is 0 Å². The van der Waals surface area contributed by atoms with Gasteiger partial charge in [0, 0.05) is 13.6 Å². The van der Waals surface area contributed by atoms with Crippen LogP contribution in [-0.2, 0) is 9.47 Å². The molecule has 0 aromatic heterocycles. The lowest BCUT2D eigenvalue weighted by Crippen LogP contribution is -2.54. The minimum atomic E-state index is 0.318. The summed E-state index contributed by atoms with van der Waals surface area (Å²) in [6, 6.07) is 0.318. The van der Waals surface area contributed by atoms with Crippen LogP contribution in [0.2, 0.25) is 0 Å². The van der Waals surface area contributed by atoms with Crippen molar-refractivity contribution in [2.75, 3.05) is 33.4 Å². The van der Waals surface area contributed by atoms with Gasteiger partial charge in [-0.1, -0.05) is 6.58 Å². The summed E-state index contributed by atoms with van der Waals surface area (Å²) in [6.45, 7) is 6.87. The average Bonchev–Trinajstić information content (AvgIpc) is 2.18. The summed E-state index contributed by atoms with van der Waals surface area (Å²) in [4.78, 5) is 6.39. The maximum Gasteiger partial charge on any atom is 0.166 e. The van der Waals surface area contributed by atoms with Crippen LogP contribution in [0, 0.1) is 0 Å². The standard InChI is InChI=1S/C9H14N2O2/c1-7-9(10-2)11-3-4-12-5-8(11)6-13-7/h8H,1,3-6H2,2H3/b10-9+. The van der Waals surface area contributed by atoms with Crippen molar-refractivity contribution in [2.24, 2.45) is 4.99 Å². The topological polar surface area (TPSA) is 34.1 Å². The molecule has 2 rings (SSSR count). The van der Waals surface area contributed by atoms with E-state index >= 15 is 0 Å². The van der Waals surface area contributed by atoms with Crippen LogP contribution < -0.4 is 0 Å². The van der Waals surface area contributed by atoms with Crippen LogP contribution in [0.1, 0.15) is 0 Å². The maximum absolute atomic E-state index is 5.40. The third-order valence-corrected chi connectivity index (χ3v) is 2.41. The average molecular weight is 182 g/mol. The minimum absolute atomic E-state index is 0.318. The number of aliphatic imine (C=N–C) groups is 1. The molecule has 2 aliphatic heterocycles. The SMILES string of the molecule is C=C1OCC2COCCN2/C1=N/C. The first-order chi connectivity index (χ1) is 6.33. The summed E-state index contributed by atoms with van der Waals surface area (Å²) in [5, 5.41) is 0. The summed E-state index contributed by atoms with van der Waals surface area (Å²) in [7, 11) is 1.77. The van der Waals surface area contributed by atoms with Crippen LogP contribution in [0.3, 0.4) is 0 Å². The van der Waals surface area contributed by atoms with E-state index in [9.17, 15) is 0 Å². The van der Waals surface area contributed by atoms with Gasteiger partial charge in [-0.3, -0.25) is 4.99 Å². The highest BCUT2D eigenvalue weighted by Crippen LogP contribution is 2.18. The number of ether oxygens (including phenoxy) is 2. The molecule has 72 valence electrons. The molecule has 1 atom stereocenters. The summed E-state index contributed by atoms with van der Waals surface area (Å²) >= 11 is 0. The Morgan fingerprint density at radius 3 is 3.15 bits per heavy atom. The van der Waals surface area contributed by atoms with Gasteiger partial charge in [-0.05, 0) is 0 Å². The van der Waals surface area contributed by atoms with Crippen molar-refractivity contribution in [2.45, 2.75) is 6.04 Å². The second-order valence-corrected chi connectivity index (χ2v) is 3.20. The molecule has 0 saturated carbocycles. The van der Waals surface area contributed by atoms with E-state index in [4.69, 9.17) is 9.47 Å². The lowest BCUT2D eigenvalue weighted by atomic mass is 10.2. The molecule has 2 fully saturated rings. The van der Waals surface area contributed by atoms with Crippen LogP contribution in [0.15, 0.2) is 17.3 Å². The fourth-order valence-corrected chi connectivity index (χ4v) is 1.75. The molecule has 4 nitrogen and oxygen atoms in total. The Morgan fingerprint density at radius 1 is 1.54 bits per heavy atom. The number of morpholine rings is 2. The highest BCUT2D eigenvalue weighted by Gasteiger charge is 2.32. The number of amidine groups is 1. The van der Waals surface area contributed by atoms with Crippen molar-refractivity contribution in [3.63, 3.8) is 0 Å². The predicted octanol–water partition coefficient (Wildman–Crippen LogP) is 0.259. The molecule has 4 heteroatoms. The molecule has 13 heavy (non-hydrogen) atoms. The fraction of sp³-hybridized carbons (Fsp3) is 0.667. The summed E-state index contributed by atoms with van der Waals surface area (Å²) in [5.74, 6) is 1.56. The lowest BCUT2D eigenvalue weighted by Gasteiger charge is -2.41. The Bertz CT molecular complexity index is 250. The highest BCUT2D eigenvalue weighted by atomic mass is 16.5. The number of hydrogen-bond acceptors (Lipinski definition) is 3. The number of fused-ring (bicyclic) bond motifs is 1. The molecule has 2 heterocycles. The van der Waals surface area contributed by atoms with E-state index in [1.165, 1.54) is 0 Å². The number of hydrogen-bond donors (Lipinski definition) is 0. The van der Waals surface area contributed by atoms with Crippen LogP contribution in [0.4, 0.5) is 0 Å². The largest absolute Gasteiger partial charge is 0.488 e. The van der Waals surface area contributed by atoms with Gasteiger partial charge < -0.3 is 14.4 Å². The Morgan fingerprint density at radius 2 is 2.38 bits per heavy atom. The predicted molar refractivity (Wildman–Crippen MR) is 49.8 cm³/mol. The van der Waals surface area contributed by atoms with E-state index in [0.717, 1.165) is 25.6 Å². The molecule has 0 N–H and O–H groups in total. The molecule has 2 saturated heterocycles. The second-order valence-electron chi connectivity index (χ2n) is 3.20. The van der Waals surface area contributed by atoms with Gasteiger partial charge in [0.2, 0.25) is 0 Å². The van der Waals surface area contributed by atoms with Crippen LogP contribution in [0.25, 0.3) is 0 Å². The number of nitrogens with zero attached hydrogens (tertiary/aromatic N) is 2. The van der Waals surface area contributed by atoms with Crippen LogP contribution in [-0.4, -0.2) is 50.2 Å². The van der Waals surface area contributed by atoms with Gasteiger partial charge in [0.1, 0.15) is 6.61 Å². The summed E-state index contributed by atoms with van der Waals surface area (Å²) in [6.07, 6.45) is 0. The van der Waals surface area contributed by atoms with E-state index < -0.39 is 0 Å². The Hall–Kier alpha value is -1.03. The second kappa shape index (κ2) is 3.38. The first-order valence-corrected chi connectivity index (χ1v) is 4.46. The first kappa shape index (κ1) is 8.56. The van der Waals surface area contributed by atoms with E-state index in [1.54, 1.807) is 7.05 Å². The molecule has 0 amide bonds. The quantitative estimate of drug-likeness (QED) is 0.539. The molecular formula is C9H14N2O2. The van der Waals surface area contributed by atoms with Gasteiger partial charge in [0.15, 0.2) is 11.6 Å². The smallest absolute Gasteiger partial charge is 0.166 e. The van der Waals surface area contributed by atoms with Crippen molar-refractivity contribution in [3.8, 4) is 0 Å². The molecule has 0 bridgehead atoms. The number of rotatable bonds is 0. The molecule has 0 radical (unpaired) electrons. The molecule has 0 aromatic rings. The van der Waals surface area contributed by atoms with Crippen molar-refractivity contribution < 1.29 is 9.47 Å². The van der Waals surface area contributed by atoms with Crippen molar-refractivity contribution >= 4 is 5.84 Å². The summed E-state index contributed by atoms with van der Waals surface area (Å²) < 4.78 is 10.8. The molecular weight excluding hydrogens is 168 g/mol. The lowest BCUT2D eigenvalue weighted by molar-refractivity contribution is -0.0148. The normalized spacial score (nSPS) is 31.5. The Labute approximate surface area is 77.8 Å². The van der Waals surface area contributed by atoms with E-state index in [-0.39, 0.29) is 0 Å². The molecule has 2 aliphatic rings. The van der Waals surface area contributed by atoms with Crippen molar-refractivity contribution in [1.29, 1.82) is 0 Å². The van der Waals surface area contributed by atoms with Crippen LogP contribution in [0.5, 0.6) is 0 Å². The van der Waals surface area contributed by atoms with Crippen molar-refractivity contribution in [1.82, 2.24) is 4.90 Å². The van der Waals surface area contributed by atoms with E-state index in [0.29, 0.717) is 18.4 Å². The zero-order valence-electron chi connectivity index (χ0n) is 7.82. The Balaban J connectivity index is 2.19. The van der Waals surface area contributed by atoms with Crippen LogP contribution >= 0.6 is 0 Å². The van der Waals surface area contributed by atoms with Gasteiger partial charge >= 0.3 is 0 Å². The third kappa shape index (κ3) is 1.42. The molecule has 0 aliphatic carbocycles. The minimum Gasteiger partial charge on any atom is -0.488 e. The van der Waals surface area contributed by atoms with E-state index in [1.807, 2.05) is 0 Å². The maximum atomic E-state index is 5.40. The monoisotopic (exact) mass is 182 g/mol. The van der Waals surface area contributed by atoms with Gasteiger partial charge in [-0.15, -0.1) is 0 Å². The van der Waals surface area contributed by atoms with Gasteiger partial charge in [-0.25, -0.2) is 0 Å². The zero-order chi connectivity index (χ0) is 9.26. The van der Waals surface area contributed by atoms with Gasteiger partial charge in [0.05, 0.1) is 19.3 Å². The van der Waals surface area contributed by atoms with E-state index in [2.05, 4.69) is 16.5 Å².